The molecule has 6 nitrogen and oxygen atoms in total. The van der Waals surface area contributed by atoms with Crippen LogP contribution in [0, 0.1) is 0 Å². The number of nitrogens with zero attached hydrogens (tertiary/aromatic N) is 5. The van der Waals surface area contributed by atoms with Crippen molar-refractivity contribution in [2.45, 2.75) is 13.2 Å². The number of imidazole rings is 1. The summed E-state index contributed by atoms with van der Waals surface area (Å²) < 4.78 is 7.56. The second-order valence-corrected chi connectivity index (χ2v) is 6.06. The van der Waals surface area contributed by atoms with Gasteiger partial charge in [0.25, 0.3) is 0 Å². The number of anilines is 1. The number of hydrogen-bond donors (Lipinski definition) is 0. The number of para-hydroxylation sites is 2. The summed E-state index contributed by atoms with van der Waals surface area (Å²) in [6, 6.07) is 12.4. The van der Waals surface area contributed by atoms with Crippen molar-refractivity contribution >= 4 is 17.0 Å². The van der Waals surface area contributed by atoms with Crippen LogP contribution in [0.3, 0.4) is 0 Å². The van der Waals surface area contributed by atoms with Crippen molar-refractivity contribution in [1.82, 2.24) is 19.4 Å². The molecule has 4 rings (SSSR count). The number of rotatable bonds is 5. The third-order valence-corrected chi connectivity index (χ3v) is 4.32. The van der Waals surface area contributed by atoms with Gasteiger partial charge in [-0.05, 0) is 23.8 Å². The van der Waals surface area contributed by atoms with Gasteiger partial charge in [-0.2, -0.15) is 0 Å². The summed E-state index contributed by atoms with van der Waals surface area (Å²) >= 11 is 0. The lowest BCUT2D eigenvalue weighted by Crippen LogP contribution is -2.45. The number of hydrogen-bond acceptors (Lipinski definition) is 5. The predicted octanol–water partition coefficient (Wildman–Crippen LogP) is 2.31. The Morgan fingerprint density at radius 1 is 1.12 bits per heavy atom. The van der Waals surface area contributed by atoms with Gasteiger partial charge in [-0.25, -0.2) is 4.98 Å². The second-order valence-electron chi connectivity index (χ2n) is 6.06. The first-order valence-corrected chi connectivity index (χ1v) is 8.15. The van der Waals surface area contributed by atoms with E-state index in [4.69, 9.17) is 9.72 Å². The maximum atomic E-state index is 5.28. The minimum atomic E-state index is 0.684. The van der Waals surface area contributed by atoms with E-state index in [1.165, 1.54) is 11.1 Å². The molecule has 0 spiro atoms. The lowest BCUT2D eigenvalue weighted by atomic mass is 10.2. The molecule has 0 radical (unpaired) electrons. The number of benzene rings is 1. The lowest BCUT2D eigenvalue weighted by molar-refractivity contribution is 0.168. The van der Waals surface area contributed by atoms with Crippen LogP contribution in [0.5, 0.6) is 0 Å². The summed E-state index contributed by atoms with van der Waals surface area (Å²) in [5, 5.41) is 0. The Morgan fingerprint density at radius 2 is 2.04 bits per heavy atom. The van der Waals surface area contributed by atoms with Crippen LogP contribution in [0.2, 0.25) is 0 Å². The van der Waals surface area contributed by atoms with Crippen LogP contribution < -0.4 is 4.90 Å². The molecule has 0 aliphatic carbocycles. The molecule has 24 heavy (non-hydrogen) atoms. The van der Waals surface area contributed by atoms with Crippen molar-refractivity contribution in [2.24, 2.45) is 0 Å². The van der Waals surface area contributed by atoms with Crippen LogP contribution in [0.25, 0.3) is 11.0 Å². The van der Waals surface area contributed by atoms with Crippen LogP contribution in [-0.4, -0.2) is 46.4 Å². The van der Waals surface area contributed by atoms with Crippen LogP contribution in [-0.2, 0) is 18.0 Å². The Bertz CT molecular complexity index is 817. The SMILES string of the molecule is COCCN1CN(Cc2cccnc2)Cn2c1nc1ccccc12. The van der Waals surface area contributed by atoms with E-state index < -0.39 is 0 Å². The average molecular weight is 323 g/mol. The molecule has 124 valence electrons. The summed E-state index contributed by atoms with van der Waals surface area (Å²) in [6.07, 6.45) is 3.74. The zero-order chi connectivity index (χ0) is 16.4. The van der Waals surface area contributed by atoms with E-state index in [2.05, 4.69) is 43.6 Å². The fraction of sp³-hybridized carbons (Fsp3) is 0.333. The minimum absolute atomic E-state index is 0.684. The molecular formula is C18H21N5O. The Morgan fingerprint density at radius 3 is 2.88 bits per heavy atom. The lowest BCUT2D eigenvalue weighted by Gasteiger charge is -2.37. The normalized spacial score (nSPS) is 15.0. The molecule has 0 N–H and O–H groups in total. The molecule has 0 saturated carbocycles. The zero-order valence-corrected chi connectivity index (χ0v) is 13.8. The third kappa shape index (κ3) is 2.86. The van der Waals surface area contributed by atoms with E-state index in [0.717, 1.165) is 37.9 Å². The van der Waals surface area contributed by atoms with Crippen LogP contribution in [0.1, 0.15) is 5.56 Å². The summed E-state index contributed by atoms with van der Waals surface area (Å²) in [5.41, 5.74) is 3.43. The van der Waals surface area contributed by atoms with Crippen molar-refractivity contribution in [3.8, 4) is 0 Å². The van der Waals surface area contributed by atoms with Crippen molar-refractivity contribution in [1.29, 1.82) is 0 Å². The van der Waals surface area contributed by atoms with Gasteiger partial charge in [-0.15, -0.1) is 0 Å². The summed E-state index contributed by atoms with van der Waals surface area (Å²) in [6.45, 7) is 4.03. The van der Waals surface area contributed by atoms with Crippen LogP contribution in [0.15, 0.2) is 48.8 Å². The molecule has 1 aliphatic heterocycles. The van der Waals surface area contributed by atoms with Gasteiger partial charge in [0.05, 0.1) is 31.0 Å². The van der Waals surface area contributed by atoms with Crippen molar-refractivity contribution in [2.75, 3.05) is 31.8 Å². The molecular weight excluding hydrogens is 302 g/mol. The fourth-order valence-corrected chi connectivity index (χ4v) is 3.22. The highest BCUT2D eigenvalue weighted by Gasteiger charge is 2.25. The van der Waals surface area contributed by atoms with E-state index in [1.54, 1.807) is 7.11 Å². The zero-order valence-electron chi connectivity index (χ0n) is 13.8. The Labute approximate surface area is 141 Å². The van der Waals surface area contributed by atoms with Gasteiger partial charge < -0.3 is 9.64 Å². The largest absolute Gasteiger partial charge is 0.383 e. The fourth-order valence-electron chi connectivity index (χ4n) is 3.22. The first kappa shape index (κ1) is 15.1. The molecule has 2 aromatic heterocycles. The second kappa shape index (κ2) is 6.59. The number of fused-ring (bicyclic) bond motifs is 3. The first-order valence-electron chi connectivity index (χ1n) is 8.15. The molecule has 0 bridgehead atoms. The summed E-state index contributed by atoms with van der Waals surface area (Å²) in [4.78, 5) is 13.7. The van der Waals surface area contributed by atoms with Crippen LogP contribution >= 0.6 is 0 Å². The molecule has 3 heterocycles. The molecule has 3 aromatic rings. The molecule has 0 saturated heterocycles. The average Bonchev–Trinajstić information content (AvgIpc) is 2.99. The maximum absolute atomic E-state index is 5.28. The standard InChI is InChI=1S/C18H21N5O/c1-24-10-9-22-13-21(12-15-5-4-8-19-11-15)14-23-17-7-3-2-6-16(17)20-18(22)23/h2-8,11H,9-10,12-14H2,1H3. The molecule has 0 atom stereocenters. The third-order valence-electron chi connectivity index (χ3n) is 4.32. The highest BCUT2D eigenvalue weighted by atomic mass is 16.5. The van der Waals surface area contributed by atoms with E-state index in [0.29, 0.717) is 6.61 Å². The van der Waals surface area contributed by atoms with Gasteiger partial charge in [-0.1, -0.05) is 18.2 Å². The van der Waals surface area contributed by atoms with Crippen LogP contribution in [0.4, 0.5) is 5.95 Å². The highest BCUT2D eigenvalue weighted by molar-refractivity contribution is 5.79. The number of aromatic nitrogens is 3. The molecule has 1 aliphatic rings. The van der Waals surface area contributed by atoms with Crippen molar-refractivity contribution in [3.05, 3.63) is 54.4 Å². The summed E-state index contributed by atoms with van der Waals surface area (Å²) in [7, 11) is 1.74. The Balaban J connectivity index is 1.66. The number of ether oxygens (including phenoxy) is 1. The molecule has 1 aromatic carbocycles. The topological polar surface area (TPSA) is 46.4 Å². The van der Waals surface area contributed by atoms with E-state index >= 15 is 0 Å². The quantitative estimate of drug-likeness (QED) is 0.721. The minimum Gasteiger partial charge on any atom is -0.383 e. The predicted molar refractivity (Wildman–Crippen MR) is 93.6 cm³/mol. The highest BCUT2D eigenvalue weighted by Crippen LogP contribution is 2.27. The van der Waals surface area contributed by atoms with Crippen molar-refractivity contribution in [3.63, 3.8) is 0 Å². The van der Waals surface area contributed by atoms with E-state index in [1.807, 2.05) is 24.5 Å². The van der Waals surface area contributed by atoms with Gasteiger partial charge in [-0.3, -0.25) is 14.5 Å². The molecule has 0 fully saturated rings. The Hall–Kier alpha value is -2.44. The van der Waals surface area contributed by atoms with Gasteiger partial charge in [0.1, 0.15) is 0 Å². The number of pyridine rings is 1. The molecule has 6 heteroatoms. The first-order chi connectivity index (χ1) is 11.8. The van der Waals surface area contributed by atoms with E-state index in [-0.39, 0.29) is 0 Å². The maximum Gasteiger partial charge on any atom is 0.208 e. The van der Waals surface area contributed by atoms with Gasteiger partial charge in [0, 0.05) is 32.6 Å². The monoisotopic (exact) mass is 323 g/mol. The van der Waals surface area contributed by atoms with Gasteiger partial charge in [0.2, 0.25) is 5.95 Å². The molecule has 0 unspecified atom stereocenters. The Kier molecular flexibility index (Phi) is 4.15. The van der Waals surface area contributed by atoms with E-state index in [9.17, 15) is 0 Å². The van der Waals surface area contributed by atoms with Crippen molar-refractivity contribution < 1.29 is 4.74 Å². The van der Waals surface area contributed by atoms with Gasteiger partial charge >= 0.3 is 0 Å². The smallest absolute Gasteiger partial charge is 0.208 e. The van der Waals surface area contributed by atoms with Gasteiger partial charge in [0.15, 0.2) is 0 Å². The summed E-state index contributed by atoms with van der Waals surface area (Å²) in [5.74, 6) is 1.02. The number of methoxy groups -OCH3 is 1. The molecule has 0 amide bonds.